The highest BCUT2D eigenvalue weighted by Gasteiger charge is 2.20. The highest BCUT2D eigenvalue weighted by Crippen LogP contribution is 2.35. The van der Waals surface area contributed by atoms with Crippen LogP contribution >= 0.6 is 0 Å². The number of rotatable bonds is 7. The number of amides is 1. The standard InChI is InChI=1S/C22H25N3O2/c1-15(2)13-18-22(23-20(26)14-16-9-5-4-6-10-16)21(25-24-18)17-11-7-8-12-19(17)27-3/h4-12,15H,13-14H2,1-3H3,(H,23,26)(H,24,25). The summed E-state index contributed by atoms with van der Waals surface area (Å²) in [4.78, 5) is 12.7. The van der Waals surface area contributed by atoms with E-state index < -0.39 is 0 Å². The van der Waals surface area contributed by atoms with Crippen molar-refractivity contribution < 1.29 is 9.53 Å². The third-order valence-electron chi connectivity index (χ3n) is 4.29. The molecule has 27 heavy (non-hydrogen) atoms. The SMILES string of the molecule is COc1ccccc1-c1n[nH]c(CC(C)C)c1NC(=O)Cc1ccccc1. The molecule has 1 aromatic heterocycles. The summed E-state index contributed by atoms with van der Waals surface area (Å²) in [5.74, 6) is 1.09. The van der Waals surface area contributed by atoms with Crippen molar-refractivity contribution in [1.82, 2.24) is 10.2 Å². The van der Waals surface area contributed by atoms with E-state index in [0.29, 0.717) is 18.0 Å². The normalized spacial score (nSPS) is 10.8. The average molecular weight is 363 g/mol. The lowest BCUT2D eigenvalue weighted by atomic mass is 10.0. The predicted molar refractivity (Wildman–Crippen MR) is 108 cm³/mol. The van der Waals surface area contributed by atoms with Crippen LogP contribution in [0.15, 0.2) is 54.6 Å². The number of carbonyl (C=O) groups excluding carboxylic acids is 1. The van der Waals surface area contributed by atoms with E-state index in [1.54, 1.807) is 7.11 Å². The van der Waals surface area contributed by atoms with Gasteiger partial charge in [0.05, 0.1) is 24.9 Å². The summed E-state index contributed by atoms with van der Waals surface area (Å²) >= 11 is 0. The van der Waals surface area contributed by atoms with Crippen LogP contribution in [-0.4, -0.2) is 23.2 Å². The molecule has 1 heterocycles. The van der Waals surface area contributed by atoms with Crippen LogP contribution in [-0.2, 0) is 17.6 Å². The minimum atomic E-state index is -0.0660. The van der Waals surface area contributed by atoms with E-state index in [1.165, 1.54) is 0 Å². The first-order valence-electron chi connectivity index (χ1n) is 9.13. The number of nitrogens with one attached hydrogen (secondary N) is 2. The molecule has 5 heteroatoms. The Morgan fingerprint density at radius 2 is 1.81 bits per heavy atom. The van der Waals surface area contributed by atoms with Crippen LogP contribution in [0.3, 0.4) is 0 Å². The molecule has 140 valence electrons. The van der Waals surface area contributed by atoms with E-state index in [0.717, 1.165) is 34.7 Å². The summed E-state index contributed by atoms with van der Waals surface area (Å²) in [5, 5.41) is 10.7. The fourth-order valence-electron chi connectivity index (χ4n) is 3.07. The molecule has 1 amide bonds. The maximum atomic E-state index is 12.7. The Bertz CT molecular complexity index is 901. The Hall–Kier alpha value is -3.08. The molecule has 0 aliphatic heterocycles. The van der Waals surface area contributed by atoms with Gasteiger partial charge >= 0.3 is 0 Å². The van der Waals surface area contributed by atoms with Crippen LogP contribution in [0, 0.1) is 5.92 Å². The number of H-pyrrole nitrogens is 1. The zero-order valence-electron chi connectivity index (χ0n) is 16.0. The Labute approximate surface area is 159 Å². The molecule has 0 radical (unpaired) electrons. The van der Waals surface area contributed by atoms with E-state index in [9.17, 15) is 4.79 Å². The molecule has 0 bridgehead atoms. The summed E-state index contributed by atoms with van der Waals surface area (Å²) in [6, 6.07) is 17.4. The molecule has 0 aliphatic rings. The van der Waals surface area contributed by atoms with Crippen LogP contribution in [0.1, 0.15) is 25.1 Å². The highest BCUT2D eigenvalue weighted by molar-refractivity contribution is 5.97. The van der Waals surface area contributed by atoms with E-state index in [1.807, 2.05) is 54.6 Å². The molecule has 0 saturated heterocycles. The first kappa shape index (κ1) is 18.7. The van der Waals surface area contributed by atoms with Gasteiger partial charge in [-0.15, -0.1) is 0 Å². The second-order valence-corrected chi connectivity index (χ2v) is 6.93. The average Bonchev–Trinajstić information content (AvgIpc) is 3.03. The van der Waals surface area contributed by atoms with Gasteiger partial charge in [-0.1, -0.05) is 56.3 Å². The van der Waals surface area contributed by atoms with Gasteiger partial charge in [0.1, 0.15) is 11.4 Å². The second kappa shape index (κ2) is 8.54. The molecule has 0 unspecified atom stereocenters. The summed E-state index contributed by atoms with van der Waals surface area (Å²) in [7, 11) is 1.63. The number of benzene rings is 2. The molecule has 0 atom stereocenters. The number of anilines is 1. The van der Waals surface area contributed by atoms with Gasteiger partial charge < -0.3 is 10.1 Å². The van der Waals surface area contributed by atoms with Crippen LogP contribution in [0.5, 0.6) is 5.75 Å². The van der Waals surface area contributed by atoms with Crippen molar-refractivity contribution in [3.63, 3.8) is 0 Å². The molecular weight excluding hydrogens is 338 g/mol. The fourth-order valence-corrected chi connectivity index (χ4v) is 3.07. The molecule has 3 rings (SSSR count). The van der Waals surface area contributed by atoms with Crippen LogP contribution in [0.25, 0.3) is 11.3 Å². The number of aromatic amines is 1. The summed E-state index contributed by atoms with van der Waals surface area (Å²) in [5.41, 5.74) is 4.18. The van der Waals surface area contributed by atoms with E-state index in [-0.39, 0.29) is 5.91 Å². The van der Waals surface area contributed by atoms with Crippen molar-refractivity contribution >= 4 is 11.6 Å². The van der Waals surface area contributed by atoms with Crippen molar-refractivity contribution in [3.8, 4) is 17.0 Å². The lowest BCUT2D eigenvalue weighted by Crippen LogP contribution is -2.16. The number of ether oxygens (including phenoxy) is 1. The summed E-state index contributed by atoms with van der Waals surface area (Å²) in [6.07, 6.45) is 1.11. The van der Waals surface area contributed by atoms with Crippen molar-refractivity contribution in [1.29, 1.82) is 0 Å². The first-order valence-corrected chi connectivity index (χ1v) is 9.13. The lowest BCUT2D eigenvalue weighted by Gasteiger charge is -2.12. The largest absolute Gasteiger partial charge is 0.496 e. The third kappa shape index (κ3) is 4.56. The van der Waals surface area contributed by atoms with Crippen molar-refractivity contribution in [3.05, 3.63) is 65.9 Å². The summed E-state index contributed by atoms with van der Waals surface area (Å²) < 4.78 is 5.48. The molecule has 2 aromatic carbocycles. The number of hydrogen-bond donors (Lipinski definition) is 2. The van der Waals surface area contributed by atoms with Crippen LogP contribution < -0.4 is 10.1 Å². The predicted octanol–water partition coefficient (Wildman–Crippen LogP) is 4.47. The second-order valence-electron chi connectivity index (χ2n) is 6.93. The monoisotopic (exact) mass is 363 g/mol. The van der Waals surface area contributed by atoms with Gasteiger partial charge in [0.2, 0.25) is 5.91 Å². The molecular formula is C22H25N3O2. The highest BCUT2D eigenvalue weighted by atomic mass is 16.5. The fraction of sp³-hybridized carbons (Fsp3) is 0.273. The van der Waals surface area contributed by atoms with Gasteiger partial charge in [-0.2, -0.15) is 5.10 Å². The number of hydrogen-bond acceptors (Lipinski definition) is 3. The lowest BCUT2D eigenvalue weighted by molar-refractivity contribution is -0.115. The van der Waals surface area contributed by atoms with Crippen molar-refractivity contribution in [2.45, 2.75) is 26.7 Å². The first-order chi connectivity index (χ1) is 13.1. The van der Waals surface area contributed by atoms with E-state index in [4.69, 9.17) is 4.74 Å². The topological polar surface area (TPSA) is 67.0 Å². The van der Waals surface area contributed by atoms with Gasteiger partial charge in [-0.25, -0.2) is 0 Å². The van der Waals surface area contributed by atoms with Crippen molar-refractivity contribution in [2.75, 3.05) is 12.4 Å². The van der Waals surface area contributed by atoms with E-state index in [2.05, 4.69) is 29.4 Å². The molecule has 2 N–H and O–H groups in total. The molecule has 3 aromatic rings. The minimum Gasteiger partial charge on any atom is -0.496 e. The van der Waals surface area contributed by atoms with Crippen LogP contribution in [0.2, 0.25) is 0 Å². The third-order valence-corrected chi connectivity index (χ3v) is 4.29. The van der Waals surface area contributed by atoms with Gasteiger partial charge in [0.15, 0.2) is 0 Å². The molecule has 0 aliphatic carbocycles. The Morgan fingerprint density at radius 1 is 1.11 bits per heavy atom. The zero-order valence-corrected chi connectivity index (χ0v) is 16.0. The number of carbonyl (C=O) groups is 1. The molecule has 5 nitrogen and oxygen atoms in total. The van der Waals surface area contributed by atoms with Gasteiger partial charge in [-0.05, 0) is 30.0 Å². The minimum absolute atomic E-state index is 0.0660. The zero-order chi connectivity index (χ0) is 19.2. The van der Waals surface area contributed by atoms with Gasteiger partial charge in [0, 0.05) is 5.56 Å². The number of nitrogens with zero attached hydrogens (tertiary/aromatic N) is 1. The molecule has 0 fully saturated rings. The summed E-state index contributed by atoms with van der Waals surface area (Å²) in [6.45, 7) is 4.28. The Morgan fingerprint density at radius 3 is 2.52 bits per heavy atom. The maximum Gasteiger partial charge on any atom is 0.228 e. The quantitative estimate of drug-likeness (QED) is 0.651. The van der Waals surface area contributed by atoms with E-state index >= 15 is 0 Å². The van der Waals surface area contributed by atoms with Gasteiger partial charge in [-0.3, -0.25) is 9.89 Å². The Kier molecular flexibility index (Phi) is 5.91. The molecule has 0 spiro atoms. The van der Waals surface area contributed by atoms with Crippen LogP contribution in [0.4, 0.5) is 5.69 Å². The Balaban J connectivity index is 1.93. The van der Waals surface area contributed by atoms with Crippen molar-refractivity contribution in [2.24, 2.45) is 5.92 Å². The van der Waals surface area contributed by atoms with Gasteiger partial charge in [0.25, 0.3) is 0 Å². The molecule has 0 saturated carbocycles. The number of aromatic nitrogens is 2. The maximum absolute atomic E-state index is 12.7. The number of methoxy groups -OCH3 is 1. The number of para-hydroxylation sites is 1. The smallest absolute Gasteiger partial charge is 0.228 e.